The number of para-hydroxylation sites is 1. The Hall–Kier alpha value is -2.01. The predicted octanol–water partition coefficient (Wildman–Crippen LogP) is 5.02. The van der Waals surface area contributed by atoms with Crippen LogP contribution in [0.3, 0.4) is 0 Å². The summed E-state index contributed by atoms with van der Waals surface area (Å²) in [7, 11) is 0. The second-order valence-electron chi connectivity index (χ2n) is 6.03. The smallest absolute Gasteiger partial charge is 0.170 e. The van der Waals surface area contributed by atoms with Gasteiger partial charge in [-0.05, 0) is 37.1 Å². The lowest BCUT2D eigenvalue weighted by atomic mass is 10.1. The number of benzene rings is 2. The second-order valence-corrected chi connectivity index (χ2v) is 6.87. The minimum Gasteiger partial charge on any atom is -0.489 e. The maximum atomic E-state index is 6.42. The zero-order chi connectivity index (χ0) is 17.4. The van der Waals surface area contributed by atoms with Crippen molar-refractivity contribution >= 4 is 23.2 Å². The van der Waals surface area contributed by atoms with Gasteiger partial charge in [-0.25, -0.2) is 4.68 Å². The number of hydrogen-bond donors (Lipinski definition) is 1. The van der Waals surface area contributed by atoms with E-state index >= 15 is 0 Å². The van der Waals surface area contributed by atoms with E-state index < -0.39 is 0 Å². The van der Waals surface area contributed by atoms with Gasteiger partial charge in [0.1, 0.15) is 11.4 Å². The molecule has 6 heteroatoms. The number of rotatable bonds is 2. The number of ether oxygens (including phenoxy) is 1. The Labute approximate surface area is 156 Å². The van der Waals surface area contributed by atoms with Crippen LogP contribution in [0.4, 0.5) is 0 Å². The van der Waals surface area contributed by atoms with Gasteiger partial charge in [-0.2, -0.15) is 5.10 Å². The number of aromatic nitrogens is 2. The van der Waals surface area contributed by atoms with Crippen LogP contribution in [-0.4, -0.2) is 16.4 Å². The molecule has 0 amide bonds. The third kappa shape index (κ3) is 3.01. The number of hydrogen-bond acceptors (Lipinski definition) is 3. The van der Waals surface area contributed by atoms with Crippen molar-refractivity contribution < 1.29 is 4.74 Å². The van der Waals surface area contributed by atoms with Crippen LogP contribution in [-0.2, 0) is 0 Å². The van der Waals surface area contributed by atoms with E-state index in [-0.39, 0.29) is 6.04 Å². The van der Waals surface area contributed by atoms with Crippen LogP contribution < -0.4 is 10.5 Å². The first kappa shape index (κ1) is 16.5. The highest BCUT2D eigenvalue weighted by Crippen LogP contribution is 2.41. The molecule has 1 aliphatic heterocycles. The van der Waals surface area contributed by atoms with Gasteiger partial charge in [-0.15, -0.1) is 0 Å². The molecule has 0 saturated heterocycles. The lowest BCUT2D eigenvalue weighted by Crippen LogP contribution is -2.11. The minimum atomic E-state index is -0.160. The van der Waals surface area contributed by atoms with Crippen LogP contribution in [0.15, 0.2) is 48.5 Å². The molecule has 0 aliphatic carbocycles. The van der Waals surface area contributed by atoms with Gasteiger partial charge in [0.15, 0.2) is 5.75 Å². The van der Waals surface area contributed by atoms with Crippen molar-refractivity contribution in [1.82, 2.24) is 9.78 Å². The van der Waals surface area contributed by atoms with Crippen molar-refractivity contribution in [3.8, 4) is 22.7 Å². The number of nitrogens with two attached hydrogens (primary N) is 1. The van der Waals surface area contributed by atoms with Crippen molar-refractivity contribution in [3.63, 3.8) is 0 Å². The lowest BCUT2D eigenvalue weighted by molar-refractivity contribution is 0.317. The summed E-state index contributed by atoms with van der Waals surface area (Å²) in [6.45, 7) is 0.621. The standard InChI is InChI=1S/C19H17Cl2N3O/c20-13-9-7-12(8-10-13)18-19-17(15(22)5-3-11-25-19)23-24(18)16-6-2-1-4-14(16)21/h1-2,4,6-10,15H,3,5,11,22H2. The van der Waals surface area contributed by atoms with Gasteiger partial charge in [0.05, 0.1) is 23.4 Å². The quantitative estimate of drug-likeness (QED) is 0.685. The van der Waals surface area contributed by atoms with Gasteiger partial charge in [0.25, 0.3) is 0 Å². The first-order valence-electron chi connectivity index (χ1n) is 8.17. The van der Waals surface area contributed by atoms with Gasteiger partial charge < -0.3 is 10.5 Å². The van der Waals surface area contributed by atoms with Gasteiger partial charge in [0, 0.05) is 10.6 Å². The fourth-order valence-electron chi connectivity index (χ4n) is 3.08. The second kappa shape index (κ2) is 6.71. The summed E-state index contributed by atoms with van der Waals surface area (Å²) in [4.78, 5) is 0. The summed E-state index contributed by atoms with van der Waals surface area (Å²) in [5.41, 5.74) is 9.69. The van der Waals surface area contributed by atoms with Crippen LogP contribution in [0.5, 0.6) is 5.75 Å². The molecule has 0 spiro atoms. The SMILES string of the molecule is NC1CCCOc2c1nn(-c1ccccc1Cl)c2-c1ccc(Cl)cc1. The summed E-state index contributed by atoms with van der Waals surface area (Å²) in [6.07, 6.45) is 1.75. The van der Waals surface area contributed by atoms with Crippen molar-refractivity contribution in [2.75, 3.05) is 6.61 Å². The molecule has 128 valence electrons. The molecule has 0 saturated carbocycles. The van der Waals surface area contributed by atoms with Crippen LogP contribution in [0, 0.1) is 0 Å². The fraction of sp³-hybridized carbons (Fsp3) is 0.211. The number of halogens is 2. The summed E-state index contributed by atoms with van der Waals surface area (Å²) >= 11 is 12.5. The molecule has 25 heavy (non-hydrogen) atoms. The lowest BCUT2D eigenvalue weighted by Gasteiger charge is -2.11. The maximum absolute atomic E-state index is 6.42. The molecule has 3 aromatic rings. The Morgan fingerprint density at radius 1 is 1.08 bits per heavy atom. The molecule has 2 N–H and O–H groups in total. The third-order valence-electron chi connectivity index (χ3n) is 4.32. The van der Waals surface area contributed by atoms with Gasteiger partial charge in [-0.3, -0.25) is 0 Å². The van der Waals surface area contributed by atoms with E-state index in [0.29, 0.717) is 16.7 Å². The molecule has 1 aromatic heterocycles. The van der Waals surface area contributed by atoms with E-state index in [1.165, 1.54) is 0 Å². The van der Waals surface area contributed by atoms with E-state index in [2.05, 4.69) is 0 Å². The topological polar surface area (TPSA) is 53.1 Å². The molecular formula is C19H17Cl2N3O. The van der Waals surface area contributed by atoms with E-state index in [1.54, 1.807) is 0 Å². The largest absolute Gasteiger partial charge is 0.489 e. The highest BCUT2D eigenvalue weighted by atomic mass is 35.5. The maximum Gasteiger partial charge on any atom is 0.170 e. The molecule has 4 rings (SSSR count). The molecule has 1 aliphatic rings. The molecule has 2 heterocycles. The third-order valence-corrected chi connectivity index (χ3v) is 4.89. The minimum absolute atomic E-state index is 0.160. The predicted molar refractivity (Wildman–Crippen MR) is 101 cm³/mol. The monoisotopic (exact) mass is 373 g/mol. The highest BCUT2D eigenvalue weighted by molar-refractivity contribution is 6.32. The van der Waals surface area contributed by atoms with E-state index in [1.807, 2.05) is 53.2 Å². The Morgan fingerprint density at radius 3 is 2.60 bits per heavy atom. The van der Waals surface area contributed by atoms with Crippen molar-refractivity contribution in [2.24, 2.45) is 5.73 Å². The van der Waals surface area contributed by atoms with Crippen LogP contribution in [0.2, 0.25) is 10.0 Å². The Balaban J connectivity index is 1.99. The molecule has 0 radical (unpaired) electrons. The summed E-state index contributed by atoms with van der Waals surface area (Å²) in [5.74, 6) is 0.729. The van der Waals surface area contributed by atoms with E-state index in [9.17, 15) is 0 Å². The van der Waals surface area contributed by atoms with Crippen molar-refractivity contribution in [2.45, 2.75) is 18.9 Å². The van der Waals surface area contributed by atoms with Crippen LogP contribution >= 0.6 is 23.2 Å². The number of nitrogens with zero attached hydrogens (tertiary/aromatic N) is 2. The summed E-state index contributed by atoms with van der Waals surface area (Å²) in [5, 5.41) is 6.06. The first-order chi connectivity index (χ1) is 12.1. The number of fused-ring (bicyclic) bond motifs is 1. The molecule has 2 aromatic carbocycles. The summed E-state index contributed by atoms with van der Waals surface area (Å²) in [6, 6.07) is 15.0. The molecule has 4 nitrogen and oxygen atoms in total. The zero-order valence-electron chi connectivity index (χ0n) is 13.5. The fourth-order valence-corrected chi connectivity index (χ4v) is 3.42. The first-order valence-corrected chi connectivity index (χ1v) is 8.93. The van der Waals surface area contributed by atoms with E-state index in [0.717, 1.165) is 41.2 Å². The van der Waals surface area contributed by atoms with Crippen LogP contribution in [0.1, 0.15) is 24.6 Å². The average molecular weight is 374 g/mol. The Kier molecular flexibility index (Phi) is 4.42. The summed E-state index contributed by atoms with van der Waals surface area (Å²) < 4.78 is 7.86. The van der Waals surface area contributed by atoms with Crippen LogP contribution in [0.25, 0.3) is 16.9 Å². The van der Waals surface area contributed by atoms with Gasteiger partial charge >= 0.3 is 0 Å². The van der Waals surface area contributed by atoms with Crippen molar-refractivity contribution in [1.29, 1.82) is 0 Å². The average Bonchev–Trinajstić information content (AvgIpc) is 2.89. The molecule has 1 unspecified atom stereocenters. The molecule has 0 fully saturated rings. The molecular weight excluding hydrogens is 357 g/mol. The molecule has 1 atom stereocenters. The zero-order valence-corrected chi connectivity index (χ0v) is 15.0. The Morgan fingerprint density at radius 2 is 1.84 bits per heavy atom. The van der Waals surface area contributed by atoms with E-state index in [4.69, 9.17) is 38.8 Å². The molecule has 0 bridgehead atoms. The van der Waals surface area contributed by atoms with Crippen molar-refractivity contribution in [3.05, 3.63) is 64.3 Å². The van der Waals surface area contributed by atoms with Gasteiger partial charge in [-0.1, -0.05) is 47.5 Å². The highest BCUT2D eigenvalue weighted by Gasteiger charge is 2.28. The van der Waals surface area contributed by atoms with Gasteiger partial charge in [0.2, 0.25) is 0 Å². The Bertz CT molecular complexity index is 906. The normalized spacial score (nSPS) is 16.8.